The molecule has 1 fully saturated rings. The number of ether oxygens (including phenoxy) is 3. The fourth-order valence-corrected chi connectivity index (χ4v) is 4.52. The highest BCUT2D eigenvalue weighted by atomic mass is 35.5. The quantitative estimate of drug-likeness (QED) is 0.369. The zero-order valence-electron chi connectivity index (χ0n) is 20.9. The predicted octanol–water partition coefficient (Wildman–Crippen LogP) is 3.94. The number of carbonyl (C=O) groups excluding carboxylic acids is 2. The van der Waals surface area contributed by atoms with Crippen LogP contribution < -0.4 is 16.0 Å². The van der Waals surface area contributed by atoms with E-state index < -0.39 is 12.2 Å². The SMILES string of the molecule is CNC(CNC(=O)c1cccc(C(OCCNC(=O)OC)c2cccc(Cl)c2)c1)CC1CCCOC1. The Morgan fingerprint density at radius 3 is 2.61 bits per heavy atom. The highest BCUT2D eigenvalue weighted by Crippen LogP contribution is 2.28. The van der Waals surface area contributed by atoms with E-state index in [1.807, 2.05) is 43.4 Å². The zero-order chi connectivity index (χ0) is 25.8. The van der Waals surface area contributed by atoms with Gasteiger partial charge in [0.25, 0.3) is 5.91 Å². The summed E-state index contributed by atoms with van der Waals surface area (Å²) in [5, 5.41) is 9.56. The van der Waals surface area contributed by atoms with Gasteiger partial charge in [0.15, 0.2) is 0 Å². The van der Waals surface area contributed by atoms with Gasteiger partial charge < -0.3 is 30.2 Å². The van der Waals surface area contributed by atoms with Crippen LogP contribution in [0, 0.1) is 5.92 Å². The van der Waals surface area contributed by atoms with E-state index in [2.05, 4.69) is 20.7 Å². The Labute approximate surface area is 218 Å². The molecule has 3 N–H and O–H groups in total. The van der Waals surface area contributed by atoms with Gasteiger partial charge in [-0.15, -0.1) is 0 Å². The lowest BCUT2D eigenvalue weighted by molar-refractivity contribution is 0.0478. The van der Waals surface area contributed by atoms with Gasteiger partial charge in [-0.25, -0.2) is 4.79 Å². The number of hydrogen-bond donors (Lipinski definition) is 3. The van der Waals surface area contributed by atoms with Crippen molar-refractivity contribution in [3.05, 3.63) is 70.2 Å². The minimum atomic E-state index is -0.521. The summed E-state index contributed by atoms with van der Waals surface area (Å²) in [6.45, 7) is 2.69. The molecular weight excluding hydrogens is 482 g/mol. The van der Waals surface area contributed by atoms with Crippen molar-refractivity contribution in [1.82, 2.24) is 16.0 Å². The van der Waals surface area contributed by atoms with Crippen molar-refractivity contribution in [2.45, 2.75) is 31.4 Å². The molecule has 0 spiro atoms. The second-order valence-corrected chi connectivity index (χ2v) is 9.30. The molecule has 36 heavy (non-hydrogen) atoms. The Bertz CT molecular complexity index is 983. The van der Waals surface area contributed by atoms with Crippen LogP contribution in [0.25, 0.3) is 0 Å². The summed E-state index contributed by atoms with van der Waals surface area (Å²) in [6.07, 6.45) is 2.23. The Morgan fingerprint density at radius 1 is 1.14 bits per heavy atom. The first kappa shape index (κ1) is 27.9. The van der Waals surface area contributed by atoms with Crippen molar-refractivity contribution in [2.24, 2.45) is 5.92 Å². The van der Waals surface area contributed by atoms with E-state index in [1.165, 1.54) is 7.11 Å². The third-order valence-corrected chi connectivity index (χ3v) is 6.47. The Morgan fingerprint density at radius 2 is 1.92 bits per heavy atom. The van der Waals surface area contributed by atoms with Gasteiger partial charge in [-0.1, -0.05) is 35.9 Å². The van der Waals surface area contributed by atoms with Crippen LogP contribution in [0.3, 0.4) is 0 Å². The summed E-state index contributed by atoms with van der Waals surface area (Å²) < 4.78 is 16.3. The average Bonchev–Trinajstić information content (AvgIpc) is 2.91. The average molecular weight is 518 g/mol. The predicted molar refractivity (Wildman–Crippen MR) is 139 cm³/mol. The number of nitrogens with one attached hydrogen (secondary N) is 3. The van der Waals surface area contributed by atoms with Crippen molar-refractivity contribution < 1.29 is 23.8 Å². The number of benzene rings is 2. The van der Waals surface area contributed by atoms with Gasteiger partial charge >= 0.3 is 6.09 Å². The first-order valence-electron chi connectivity index (χ1n) is 12.3. The Balaban J connectivity index is 1.66. The number of likely N-dealkylation sites (N-methyl/N-ethyl adjacent to an activating group) is 1. The van der Waals surface area contributed by atoms with E-state index in [0.717, 1.165) is 43.6 Å². The molecule has 1 saturated heterocycles. The maximum atomic E-state index is 13.0. The number of halogens is 1. The highest BCUT2D eigenvalue weighted by molar-refractivity contribution is 6.30. The molecular formula is C27H36ClN3O5. The van der Waals surface area contributed by atoms with Crippen LogP contribution in [0.1, 0.15) is 46.9 Å². The normalized spacial score (nSPS) is 17.1. The lowest BCUT2D eigenvalue weighted by Gasteiger charge is -2.26. The molecule has 2 aromatic carbocycles. The molecule has 0 saturated carbocycles. The maximum absolute atomic E-state index is 13.0. The van der Waals surface area contributed by atoms with Crippen LogP contribution in [0.4, 0.5) is 4.79 Å². The van der Waals surface area contributed by atoms with Crippen LogP contribution >= 0.6 is 11.6 Å². The molecule has 3 rings (SSSR count). The molecule has 1 aliphatic heterocycles. The number of hydrogen-bond acceptors (Lipinski definition) is 6. The van der Waals surface area contributed by atoms with E-state index in [1.54, 1.807) is 12.1 Å². The largest absolute Gasteiger partial charge is 0.453 e. The van der Waals surface area contributed by atoms with Crippen molar-refractivity contribution in [1.29, 1.82) is 0 Å². The monoisotopic (exact) mass is 517 g/mol. The third kappa shape index (κ3) is 8.78. The number of alkyl carbamates (subject to hydrolysis) is 1. The van der Waals surface area contributed by atoms with Gasteiger partial charge in [0, 0.05) is 42.9 Å². The van der Waals surface area contributed by atoms with Gasteiger partial charge in [-0.3, -0.25) is 4.79 Å². The van der Waals surface area contributed by atoms with Gasteiger partial charge in [-0.05, 0) is 67.6 Å². The summed E-state index contributed by atoms with van der Waals surface area (Å²) in [4.78, 5) is 24.3. The molecule has 0 aliphatic carbocycles. The summed E-state index contributed by atoms with van der Waals surface area (Å²) in [5.74, 6) is 0.370. The lowest BCUT2D eigenvalue weighted by atomic mass is 9.94. The maximum Gasteiger partial charge on any atom is 0.406 e. The summed E-state index contributed by atoms with van der Waals surface area (Å²) in [5.41, 5.74) is 2.21. The number of carbonyl (C=O) groups is 2. The summed E-state index contributed by atoms with van der Waals surface area (Å²) in [7, 11) is 3.23. The molecule has 1 aliphatic rings. The molecule has 8 nitrogen and oxygen atoms in total. The molecule has 3 atom stereocenters. The first-order chi connectivity index (χ1) is 17.5. The van der Waals surface area contributed by atoms with Crippen LogP contribution in [-0.2, 0) is 14.2 Å². The fourth-order valence-electron chi connectivity index (χ4n) is 4.32. The second-order valence-electron chi connectivity index (χ2n) is 8.86. The standard InChI is InChI=1S/C27H36ClN3O5/c1-29-24(14-19-6-5-12-35-18-19)17-31-26(32)22-9-3-7-20(15-22)25(21-8-4-10-23(28)16-21)36-13-11-30-27(33)34-2/h3-4,7-10,15-16,19,24-25,29H,5-6,11-14,17-18H2,1-2H3,(H,30,33)(H,31,32). The minimum absolute atomic E-state index is 0.144. The van der Waals surface area contributed by atoms with Gasteiger partial charge in [0.2, 0.25) is 0 Å². The fraction of sp³-hybridized carbons (Fsp3) is 0.481. The number of rotatable bonds is 12. The Hall–Kier alpha value is -2.65. The zero-order valence-corrected chi connectivity index (χ0v) is 21.7. The first-order valence-corrected chi connectivity index (χ1v) is 12.7. The van der Waals surface area contributed by atoms with E-state index in [9.17, 15) is 9.59 Å². The topological polar surface area (TPSA) is 97.9 Å². The van der Waals surface area contributed by atoms with E-state index in [0.29, 0.717) is 23.0 Å². The molecule has 0 bridgehead atoms. The number of methoxy groups -OCH3 is 1. The van der Waals surface area contributed by atoms with E-state index >= 15 is 0 Å². The molecule has 0 aromatic heterocycles. The molecule has 3 unspecified atom stereocenters. The second kappa shape index (κ2) is 14.8. The van der Waals surface area contributed by atoms with E-state index in [4.69, 9.17) is 21.1 Å². The van der Waals surface area contributed by atoms with Gasteiger partial charge in [0.05, 0.1) is 13.7 Å². The Kier molecular flexibility index (Phi) is 11.5. The van der Waals surface area contributed by atoms with Crippen molar-refractivity contribution >= 4 is 23.6 Å². The van der Waals surface area contributed by atoms with Crippen molar-refractivity contribution in [3.63, 3.8) is 0 Å². The lowest BCUT2D eigenvalue weighted by Crippen LogP contribution is -2.41. The smallest absolute Gasteiger partial charge is 0.406 e. The summed E-state index contributed by atoms with van der Waals surface area (Å²) >= 11 is 6.23. The van der Waals surface area contributed by atoms with Crippen LogP contribution in [-0.4, -0.2) is 65.1 Å². The summed E-state index contributed by atoms with van der Waals surface area (Å²) in [6, 6.07) is 14.9. The molecule has 2 amide bonds. The third-order valence-electron chi connectivity index (χ3n) is 6.23. The molecule has 0 radical (unpaired) electrons. The van der Waals surface area contributed by atoms with Gasteiger partial charge in [-0.2, -0.15) is 0 Å². The van der Waals surface area contributed by atoms with Crippen molar-refractivity contribution in [2.75, 3.05) is 47.1 Å². The highest BCUT2D eigenvalue weighted by Gasteiger charge is 2.20. The van der Waals surface area contributed by atoms with E-state index in [-0.39, 0.29) is 25.1 Å². The van der Waals surface area contributed by atoms with Gasteiger partial charge in [0.1, 0.15) is 6.10 Å². The molecule has 196 valence electrons. The van der Waals surface area contributed by atoms with Crippen molar-refractivity contribution in [3.8, 4) is 0 Å². The van der Waals surface area contributed by atoms with Crippen LogP contribution in [0.5, 0.6) is 0 Å². The molecule has 2 aromatic rings. The minimum Gasteiger partial charge on any atom is -0.453 e. The van der Waals surface area contributed by atoms with Crippen LogP contribution in [0.2, 0.25) is 5.02 Å². The molecule has 9 heteroatoms. The molecule has 1 heterocycles. The van der Waals surface area contributed by atoms with Crippen LogP contribution in [0.15, 0.2) is 48.5 Å². The number of amides is 2.